The van der Waals surface area contributed by atoms with E-state index in [4.69, 9.17) is 0 Å². The first-order valence-electron chi connectivity index (χ1n) is 13.4. The zero-order chi connectivity index (χ0) is 24.4. The summed E-state index contributed by atoms with van der Waals surface area (Å²) < 4.78 is 40.1. The number of alkyl halides is 3. The van der Waals surface area contributed by atoms with Gasteiger partial charge in [-0.25, -0.2) is 0 Å². The molecule has 5 rings (SSSR count). The third kappa shape index (κ3) is 3.75. The number of hydrogen-bond donors (Lipinski definition) is 1. The summed E-state index contributed by atoms with van der Waals surface area (Å²) in [6.45, 7) is 7.08. The molecule has 1 aromatic rings. The van der Waals surface area contributed by atoms with Gasteiger partial charge in [0.25, 0.3) is 0 Å². The quantitative estimate of drug-likeness (QED) is 0.533. The Hall–Kier alpha value is -1.37. The molecule has 10 unspecified atom stereocenters. The number of ketones is 1. The van der Waals surface area contributed by atoms with E-state index >= 15 is 0 Å². The van der Waals surface area contributed by atoms with Gasteiger partial charge in [0.15, 0.2) is 11.5 Å². The maximum absolute atomic E-state index is 13.6. The van der Waals surface area contributed by atoms with Crippen molar-refractivity contribution in [2.75, 3.05) is 6.61 Å². The number of halogens is 3. The van der Waals surface area contributed by atoms with Crippen LogP contribution in [-0.2, 0) is 17.5 Å². The number of nitrogens with zero attached hydrogens (tertiary/aromatic N) is 2. The highest BCUT2D eigenvalue weighted by Gasteiger charge is 2.73. The monoisotopic (exact) mass is 480 g/mol. The molecule has 0 spiro atoms. The number of aliphatic hydroxyl groups excluding tert-OH is 1. The smallest absolute Gasteiger partial charge is 0.396 e. The highest BCUT2D eigenvalue weighted by atomic mass is 19.4. The van der Waals surface area contributed by atoms with E-state index in [1.54, 1.807) is 0 Å². The van der Waals surface area contributed by atoms with Gasteiger partial charge >= 0.3 is 6.18 Å². The van der Waals surface area contributed by atoms with Crippen LogP contribution < -0.4 is 0 Å². The Balaban J connectivity index is 1.37. The molecule has 0 aliphatic heterocycles. The molecule has 1 heterocycles. The van der Waals surface area contributed by atoms with E-state index in [1.165, 1.54) is 30.1 Å². The second kappa shape index (κ2) is 8.63. The molecule has 4 fully saturated rings. The molecule has 0 radical (unpaired) electrons. The highest BCUT2D eigenvalue weighted by molar-refractivity contribution is 5.83. The molecular weight excluding hydrogens is 441 g/mol. The lowest BCUT2D eigenvalue weighted by Crippen LogP contribution is -2.51. The van der Waals surface area contributed by atoms with Crippen molar-refractivity contribution in [3.05, 3.63) is 18.0 Å². The molecule has 190 valence electrons. The molecule has 1 N–H and O–H groups in total. The average molecular weight is 481 g/mol. The van der Waals surface area contributed by atoms with Crippen molar-refractivity contribution >= 4 is 5.78 Å². The highest BCUT2D eigenvalue weighted by Crippen LogP contribution is 2.76. The first-order valence-corrected chi connectivity index (χ1v) is 13.4. The van der Waals surface area contributed by atoms with Gasteiger partial charge in [-0.15, -0.1) is 0 Å². The summed E-state index contributed by atoms with van der Waals surface area (Å²) in [6.07, 6.45) is 4.65. The fraction of sp³-hybridized carbons (Fsp3) is 0.852. The van der Waals surface area contributed by atoms with E-state index < -0.39 is 11.9 Å². The van der Waals surface area contributed by atoms with Crippen LogP contribution in [0.3, 0.4) is 0 Å². The van der Waals surface area contributed by atoms with Gasteiger partial charge in [-0.05, 0) is 97.3 Å². The minimum atomic E-state index is -4.49. The second-order valence-electron chi connectivity index (χ2n) is 12.0. The van der Waals surface area contributed by atoms with Gasteiger partial charge in [0, 0.05) is 18.7 Å². The number of carbonyl (C=O) groups is 1. The summed E-state index contributed by atoms with van der Waals surface area (Å²) in [7, 11) is 0. The fourth-order valence-electron chi connectivity index (χ4n) is 9.38. The van der Waals surface area contributed by atoms with Crippen LogP contribution >= 0.6 is 0 Å². The van der Waals surface area contributed by atoms with Gasteiger partial charge in [0.2, 0.25) is 0 Å². The molecule has 34 heavy (non-hydrogen) atoms. The van der Waals surface area contributed by atoms with Gasteiger partial charge in [0.1, 0.15) is 0 Å². The van der Waals surface area contributed by atoms with Crippen molar-refractivity contribution in [1.82, 2.24) is 9.78 Å². The van der Waals surface area contributed by atoms with Gasteiger partial charge < -0.3 is 5.11 Å². The van der Waals surface area contributed by atoms with E-state index in [0.717, 1.165) is 37.7 Å². The second-order valence-corrected chi connectivity index (χ2v) is 12.0. The van der Waals surface area contributed by atoms with Crippen LogP contribution in [0.4, 0.5) is 13.2 Å². The number of hydrogen-bond acceptors (Lipinski definition) is 3. The number of aromatic nitrogens is 2. The normalized spacial score (nSPS) is 43.2. The molecule has 4 nitrogen and oxygen atoms in total. The van der Waals surface area contributed by atoms with Crippen LogP contribution in [0.1, 0.15) is 71.4 Å². The Morgan fingerprint density at radius 3 is 2.65 bits per heavy atom. The summed E-state index contributed by atoms with van der Waals surface area (Å²) in [5.74, 6) is 4.75. The lowest BCUT2D eigenvalue weighted by molar-refractivity contribution is -0.142. The van der Waals surface area contributed by atoms with Crippen molar-refractivity contribution < 1.29 is 23.1 Å². The van der Waals surface area contributed by atoms with Crippen molar-refractivity contribution in [3.63, 3.8) is 0 Å². The minimum absolute atomic E-state index is 0.0549. The van der Waals surface area contributed by atoms with Crippen LogP contribution in [0.15, 0.2) is 12.3 Å². The van der Waals surface area contributed by atoms with Crippen molar-refractivity contribution in [2.45, 2.75) is 78.4 Å². The van der Waals surface area contributed by atoms with E-state index in [1.807, 2.05) is 0 Å². The largest absolute Gasteiger partial charge is 0.435 e. The Bertz CT molecular complexity index is 914. The van der Waals surface area contributed by atoms with Crippen LogP contribution in [-0.4, -0.2) is 27.3 Å². The zero-order valence-electron chi connectivity index (χ0n) is 20.6. The first kappa shape index (κ1) is 24.3. The molecule has 0 amide bonds. The lowest BCUT2D eigenvalue weighted by atomic mass is 9.49. The SMILES string of the molecule is CCC1CCC2C(CCC3(C)C(C(=O)Cn4ccc(C(F)(F)F)n4)C4C(C)C4C23)C1CCCO. The molecule has 10 atom stereocenters. The van der Waals surface area contributed by atoms with Crippen molar-refractivity contribution in [1.29, 1.82) is 0 Å². The predicted molar refractivity (Wildman–Crippen MR) is 123 cm³/mol. The third-order valence-corrected chi connectivity index (χ3v) is 10.7. The molecule has 0 saturated heterocycles. The Kier molecular flexibility index (Phi) is 6.18. The summed E-state index contributed by atoms with van der Waals surface area (Å²) in [5.41, 5.74) is -0.990. The maximum atomic E-state index is 13.6. The number of Topliss-reactive ketones (excluding diaryl/α,β-unsaturated/α-hetero) is 1. The summed E-state index contributed by atoms with van der Waals surface area (Å²) in [6, 6.07) is 0.957. The zero-order valence-corrected chi connectivity index (χ0v) is 20.6. The van der Waals surface area contributed by atoms with Crippen LogP contribution in [0, 0.1) is 58.7 Å². The minimum Gasteiger partial charge on any atom is -0.396 e. The predicted octanol–water partition coefficient (Wildman–Crippen LogP) is 5.84. The molecule has 4 aliphatic rings. The Labute approximate surface area is 200 Å². The average Bonchev–Trinajstić information content (AvgIpc) is 3.13. The van der Waals surface area contributed by atoms with Crippen LogP contribution in [0.25, 0.3) is 0 Å². The van der Waals surface area contributed by atoms with Crippen LogP contribution in [0.2, 0.25) is 0 Å². The van der Waals surface area contributed by atoms with Crippen LogP contribution in [0.5, 0.6) is 0 Å². The topological polar surface area (TPSA) is 55.1 Å². The molecular formula is C27H39F3N2O2. The lowest BCUT2D eigenvalue weighted by Gasteiger charge is -2.56. The van der Waals surface area contributed by atoms with Crippen molar-refractivity contribution in [3.8, 4) is 0 Å². The van der Waals surface area contributed by atoms with Gasteiger partial charge in [-0.3, -0.25) is 9.48 Å². The number of aliphatic hydroxyl groups is 1. The molecule has 4 aliphatic carbocycles. The van der Waals surface area contributed by atoms with Crippen molar-refractivity contribution in [2.24, 2.45) is 58.7 Å². The summed E-state index contributed by atoms with van der Waals surface area (Å²) in [4.78, 5) is 13.6. The third-order valence-electron chi connectivity index (χ3n) is 10.7. The summed E-state index contributed by atoms with van der Waals surface area (Å²) >= 11 is 0. The molecule has 0 bridgehead atoms. The van der Waals surface area contributed by atoms with Gasteiger partial charge in [-0.1, -0.05) is 27.2 Å². The molecule has 7 heteroatoms. The van der Waals surface area contributed by atoms with E-state index in [2.05, 4.69) is 25.9 Å². The fourth-order valence-corrected chi connectivity index (χ4v) is 9.38. The maximum Gasteiger partial charge on any atom is 0.435 e. The summed E-state index contributed by atoms with van der Waals surface area (Å²) in [5, 5.41) is 13.1. The van der Waals surface area contributed by atoms with Gasteiger partial charge in [-0.2, -0.15) is 18.3 Å². The Morgan fingerprint density at radius 1 is 1.24 bits per heavy atom. The molecule has 0 aromatic carbocycles. The van der Waals surface area contributed by atoms with E-state index in [0.29, 0.717) is 41.4 Å². The number of fused-ring (bicyclic) bond motifs is 5. The van der Waals surface area contributed by atoms with E-state index in [9.17, 15) is 23.1 Å². The number of rotatable bonds is 7. The standard InChI is InChI=1S/C27H39F3N2O2/c1-4-16-7-8-19-18(17(16)6-5-13-33)9-11-26(3)24(19)22-15(2)23(22)25(26)20(34)14-32-12-10-21(31-32)27(28,29)30/h10,12,15-19,22-25,33H,4-9,11,13-14H2,1-3H3. The first-order chi connectivity index (χ1) is 16.1. The molecule has 1 aromatic heterocycles. The number of carbonyl (C=O) groups excluding carboxylic acids is 1. The van der Waals surface area contributed by atoms with Gasteiger partial charge in [0.05, 0.1) is 6.54 Å². The van der Waals surface area contributed by atoms with E-state index in [-0.39, 0.29) is 30.3 Å². The molecule has 4 saturated carbocycles. The Morgan fingerprint density at radius 2 is 2.00 bits per heavy atom.